The van der Waals surface area contributed by atoms with E-state index in [0.717, 1.165) is 60.9 Å². The van der Waals surface area contributed by atoms with Crippen LogP contribution in [0.3, 0.4) is 0 Å². The maximum atomic E-state index is 13.4. The molecule has 2 saturated carbocycles. The van der Waals surface area contributed by atoms with Gasteiger partial charge in [0.15, 0.2) is 11.5 Å². The topological polar surface area (TPSA) is 69.3 Å². The number of carbonyl (C=O) groups excluding carboxylic acids is 1. The first kappa shape index (κ1) is 27.5. The number of benzene rings is 3. The van der Waals surface area contributed by atoms with Crippen molar-refractivity contribution in [1.82, 2.24) is 10.2 Å². The van der Waals surface area contributed by atoms with Crippen molar-refractivity contribution in [2.75, 3.05) is 20.2 Å². The van der Waals surface area contributed by atoms with Gasteiger partial charge in [0.2, 0.25) is 0 Å². The minimum Gasteiger partial charge on any atom is -0.485 e. The molecule has 3 unspecified atom stereocenters. The standard InChI is InChI=1S/C38H40N2O5/c1-42-38-17-16-36(21-30(38)39-35(41)44-24-27-10-6-3-7-11-27)31-20-28-14-15-29(43-23-26-8-4-2-5-9-26)33-32(28)37(36,34(38)45-33)18-19-40(31)22-25-12-13-25/h2-11,14-17,25,30-31,34H,12-13,18-24H2,1H3,(H,39,41)/t30?,31-,34?,36+,37-,38?/m0/s1. The van der Waals surface area contributed by atoms with Crippen LogP contribution in [0.2, 0.25) is 0 Å². The molecule has 2 heterocycles. The number of nitrogens with zero attached hydrogens (tertiary/aromatic N) is 1. The number of ether oxygens (including phenoxy) is 4. The number of nitrogens with one attached hydrogen (secondary N) is 1. The fourth-order valence-corrected chi connectivity index (χ4v) is 9.69. The summed E-state index contributed by atoms with van der Waals surface area (Å²) in [6, 6.07) is 24.5. The molecule has 0 radical (unpaired) electrons. The fourth-order valence-electron chi connectivity index (χ4n) is 9.69. The Balaban J connectivity index is 1.10. The van der Waals surface area contributed by atoms with Crippen molar-refractivity contribution in [3.05, 3.63) is 107 Å². The highest BCUT2D eigenvalue weighted by Gasteiger charge is 2.79. The van der Waals surface area contributed by atoms with Gasteiger partial charge in [-0.1, -0.05) is 78.9 Å². The van der Waals surface area contributed by atoms with E-state index in [-0.39, 0.29) is 29.6 Å². The number of likely N-dealkylation sites (tertiary alicyclic amines) is 1. The molecule has 7 nitrogen and oxygen atoms in total. The molecule has 45 heavy (non-hydrogen) atoms. The van der Waals surface area contributed by atoms with E-state index in [2.05, 4.69) is 46.6 Å². The van der Waals surface area contributed by atoms with Gasteiger partial charge in [-0.3, -0.25) is 4.90 Å². The first-order valence-electron chi connectivity index (χ1n) is 16.5. The highest BCUT2D eigenvalue weighted by molar-refractivity contribution is 5.70. The summed E-state index contributed by atoms with van der Waals surface area (Å²) in [5.74, 6) is 2.45. The van der Waals surface area contributed by atoms with Crippen LogP contribution >= 0.6 is 0 Å². The molecule has 7 aliphatic rings. The van der Waals surface area contributed by atoms with Gasteiger partial charge < -0.3 is 24.3 Å². The number of carbonyl (C=O) groups is 1. The third kappa shape index (κ3) is 3.93. The van der Waals surface area contributed by atoms with Gasteiger partial charge in [0, 0.05) is 30.7 Å². The third-order valence-electron chi connectivity index (χ3n) is 11.8. The molecule has 5 aliphatic carbocycles. The van der Waals surface area contributed by atoms with Crippen LogP contribution < -0.4 is 14.8 Å². The van der Waals surface area contributed by atoms with Gasteiger partial charge in [0.25, 0.3) is 0 Å². The Morgan fingerprint density at radius 1 is 0.978 bits per heavy atom. The van der Waals surface area contributed by atoms with Gasteiger partial charge in [-0.2, -0.15) is 0 Å². The number of methoxy groups -OCH3 is 1. The van der Waals surface area contributed by atoms with Crippen LogP contribution in [0.1, 0.15) is 47.9 Å². The molecule has 1 amide bonds. The van der Waals surface area contributed by atoms with Crippen LogP contribution in [-0.4, -0.2) is 55.0 Å². The summed E-state index contributed by atoms with van der Waals surface area (Å²) in [7, 11) is 1.76. The molecule has 7 heteroatoms. The normalized spacial score (nSPS) is 33.3. The largest absolute Gasteiger partial charge is 0.485 e. The predicted octanol–water partition coefficient (Wildman–Crippen LogP) is 5.94. The van der Waals surface area contributed by atoms with Crippen molar-refractivity contribution < 1.29 is 23.7 Å². The first-order chi connectivity index (χ1) is 22.1. The van der Waals surface area contributed by atoms with Crippen LogP contribution in [0.5, 0.6) is 11.5 Å². The van der Waals surface area contributed by atoms with E-state index in [1.807, 2.05) is 48.5 Å². The summed E-state index contributed by atoms with van der Waals surface area (Å²) in [4.78, 5) is 16.2. The average Bonchev–Trinajstić information content (AvgIpc) is 3.82. The summed E-state index contributed by atoms with van der Waals surface area (Å²) in [5, 5.41) is 3.28. The van der Waals surface area contributed by atoms with Crippen LogP contribution in [0, 0.1) is 11.3 Å². The van der Waals surface area contributed by atoms with E-state index >= 15 is 0 Å². The first-order valence-corrected chi connectivity index (χ1v) is 16.5. The Morgan fingerprint density at radius 2 is 1.73 bits per heavy atom. The molecule has 1 saturated heterocycles. The smallest absolute Gasteiger partial charge is 0.407 e. The SMILES string of the molecule is COC12C=C[C@@]3(CC1NC(=O)OCc1ccccc1)[C@@H]1Cc4ccc(OCc5ccccc5)c5c4[C@@]3(CCN1CC1CC1)C2O5. The monoisotopic (exact) mass is 604 g/mol. The van der Waals surface area contributed by atoms with Gasteiger partial charge in [0.05, 0.1) is 11.5 Å². The summed E-state index contributed by atoms with van der Waals surface area (Å²) in [5.41, 5.74) is 3.45. The van der Waals surface area contributed by atoms with Crippen molar-refractivity contribution in [2.45, 2.75) is 74.5 Å². The second kappa shape index (κ2) is 10.1. The number of piperidine rings is 1. The van der Waals surface area contributed by atoms with Crippen molar-refractivity contribution in [3.8, 4) is 11.5 Å². The van der Waals surface area contributed by atoms with E-state index in [0.29, 0.717) is 12.6 Å². The number of amides is 1. The summed E-state index contributed by atoms with van der Waals surface area (Å²) in [6.45, 7) is 2.89. The van der Waals surface area contributed by atoms with Gasteiger partial charge in [0.1, 0.15) is 24.9 Å². The maximum absolute atomic E-state index is 13.4. The second-order valence-electron chi connectivity index (χ2n) is 14.0. The molecular weight excluding hydrogens is 564 g/mol. The van der Waals surface area contributed by atoms with Crippen LogP contribution in [0.4, 0.5) is 4.79 Å². The number of hydrogen-bond donors (Lipinski definition) is 1. The van der Waals surface area contributed by atoms with E-state index < -0.39 is 11.7 Å². The van der Waals surface area contributed by atoms with E-state index in [4.69, 9.17) is 18.9 Å². The van der Waals surface area contributed by atoms with Crippen molar-refractivity contribution in [1.29, 1.82) is 0 Å². The maximum Gasteiger partial charge on any atom is 0.407 e. The number of hydrogen-bond acceptors (Lipinski definition) is 6. The molecule has 232 valence electrons. The minimum atomic E-state index is -0.846. The summed E-state index contributed by atoms with van der Waals surface area (Å²) < 4.78 is 25.9. The fraction of sp³-hybridized carbons (Fsp3) is 0.447. The molecule has 3 aromatic rings. The highest BCUT2D eigenvalue weighted by Crippen LogP contribution is 2.73. The van der Waals surface area contributed by atoms with E-state index in [1.54, 1.807) is 7.11 Å². The van der Waals surface area contributed by atoms with Crippen molar-refractivity contribution in [2.24, 2.45) is 11.3 Å². The lowest BCUT2D eigenvalue weighted by molar-refractivity contribution is -0.201. The van der Waals surface area contributed by atoms with E-state index in [9.17, 15) is 4.79 Å². The Bertz CT molecular complexity index is 1660. The van der Waals surface area contributed by atoms with Crippen molar-refractivity contribution in [3.63, 3.8) is 0 Å². The Labute approximate surface area is 264 Å². The Morgan fingerprint density at radius 3 is 2.47 bits per heavy atom. The average molecular weight is 605 g/mol. The third-order valence-corrected chi connectivity index (χ3v) is 11.8. The second-order valence-corrected chi connectivity index (χ2v) is 14.0. The molecule has 3 aromatic carbocycles. The van der Waals surface area contributed by atoms with Crippen LogP contribution in [0.25, 0.3) is 0 Å². The Kier molecular flexibility index (Phi) is 6.17. The molecule has 0 aromatic heterocycles. The molecule has 2 spiro atoms. The zero-order valence-corrected chi connectivity index (χ0v) is 25.7. The van der Waals surface area contributed by atoms with Gasteiger partial charge >= 0.3 is 6.09 Å². The van der Waals surface area contributed by atoms with Crippen LogP contribution in [0.15, 0.2) is 84.9 Å². The zero-order valence-electron chi connectivity index (χ0n) is 25.7. The van der Waals surface area contributed by atoms with Gasteiger partial charge in [-0.15, -0.1) is 0 Å². The lowest BCUT2D eigenvalue weighted by Gasteiger charge is -2.71. The molecule has 6 atom stereocenters. The zero-order chi connectivity index (χ0) is 30.2. The van der Waals surface area contributed by atoms with Crippen LogP contribution in [-0.2, 0) is 34.5 Å². The Hall–Kier alpha value is -3.81. The lowest BCUT2D eigenvalue weighted by atomic mass is 9.38. The summed E-state index contributed by atoms with van der Waals surface area (Å²) >= 11 is 0. The molecule has 1 N–H and O–H groups in total. The van der Waals surface area contributed by atoms with Gasteiger partial charge in [-0.25, -0.2) is 4.79 Å². The highest BCUT2D eigenvalue weighted by atomic mass is 16.6. The molecule has 2 aliphatic heterocycles. The summed E-state index contributed by atoms with van der Waals surface area (Å²) in [6.07, 6.45) is 9.34. The quantitative estimate of drug-likeness (QED) is 0.305. The van der Waals surface area contributed by atoms with Gasteiger partial charge in [-0.05, 0) is 67.3 Å². The molecule has 3 fully saturated rings. The molecular formula is C38H40N2O5. The minimum absolute atomic E-state index is 0.210. The number of rotatable bonds is 9. The predicted molar refractivity (Wildman–Crippen MR) is 169 cm³/mol. The van der Waals surface area contributed by atoms with Crippen molar-refractivity contribution >= 4 is 6.09 Å². The molecule has 10 rings (SSSR count). The molecule has 4 bridgehead atoms. The number of fused-ring (bicyclic) bond motifs is 1. The number of alkyl carbamates (subject to hydrolysis) is 1. The van der Waals surface area contributed by atoms with E-state index in [1.165, 1.54) is 24.0 Å². The lowest BCUT2D eigenvalue weighted by Crippen LogP contribution is -2.82.